The van der Waals surface area contributed by atoms with Crippen molar-refractivity contribution in [2.75, 3.05) is 26.7 Å². The number of aromatic nitrogens is 1. The summed E-state index contributed by atoms with van der Waals surface area (Å²) in [6.07, 6.45) is -4.08. The highest BCUT2D eigenvalue weighted by atomic mass is 35.5. The highest BCUT2D eigenvalue weighted by Gasteiger charge is 2.37. The molecule has 3 aromatic carbocycles. The van der Waals surface area contributed by atoms with Crippen LogP contribution in [0.1, 0.15) is 40.2 Å². The minimum absolute atomic E-state index is 0.0223. The summed E-state index contributed by atoms with van der Waals surface area (Å²) in [5.41, 5.74) is -0.287. The van der Waals surface area contributed by atoms with E-state index in [1.807, 2.05) is 0 Å². The first-order valence-electron chi connectivity index (χ1n) is 16.0. The van der Waals surface area contributed by atoms with Crippen molar-refractivity contribution in [3.05, 3.63) is 130 Å². The van der Waals surface area contributed by atoms with Crippen molar-refractivity contribution >= 4 is 33.5 Å². The van der Waals surface area contributed by atoms with Gasteiger partial charge in [-0.2, -0.15) is 17.5 Å². The number of alkyl halides is 3. The number of ketones is 1. The van der Waals surface area contributed by atoms with Gasteiger partial charge in [0.05, 0.1) is 17.6 Å². The molecule has 1 saturated heterocycles. The molecule has 1 fully saturated rings. The van der Waals surface area contributed by atoms with Gasteiger partial charge < -0.3 is 15.4 Å². The number of nitrogens with one attached hydrogen (secondary N) is 2. The molecule has 51 heavy (non-hydrogen) atoms. The second-order valence-corrected chi connectivity index (χ2v) is 14.3. The summed E-state index contributed by atoms with van der Waals surface area (Å²) in [5.74, 6) is -2.46. The Morgan fingerprint density at radius 2 is 1.76 bits per heavy atom. The molecule has 4 aromatic rings. The second-order valence-electron chi connectivity index (χ2n) is 12.0. The molecular weight excluding hydrogens is 712 g/mol. The third kappa shape index (κ3) is 9.11. The van der Waals surface area contributed by atoms with E-state index in [1.165, 1.54) is 59.0 Å². The Labute approximate surface area is 298 Å². The average Bonchev–Trinajstić information content (AvgIpc) is 3.12. The Bertz CT molecular complexity index is 1950. The van der Waals surface area contributed by atoms with E-state index in [0.29, 0.717) is 29.9 Å². The van der Waals surface area contributed by atoms with Crippen LogP contribution in [-0.4, -0.2) is 68.4 Å². The fraction of sp³-hybridized carbons (Fsp3) is 0.306. The zero-order valence-electron chi connectivity index (χ0n) is 27.4. The third-order valence-electron chi connectivity index (χ3n) is 8.77. The fourth-order valence-corrected chi connectivity index (χ4v) is 8.06. The largest absolute Gasteiger partial charge is 0.453 e. The van der Waals surface area contributed by atoms with Crippen molar-refractivity contribution < 1.29 is 40.3 Å². The van der Waals surface area contributed by atoms with Crippen LogP contribution in [0.3, 0.4) is 0 Å². The molecule has 3 atom stereocenters. The number of pyridine rings is 1. The normalized spacial score (nSPS) is 16.6. The van der Waals surface area contributed by atoms with Crippen LogP contribution in [0.2, 0.25) is 5.02 Å². The van der Waals surface area contributed by atoms with Gasteiger partial charge >= 0.3 is 12.3 Å². The molecule has 0 unspecified atom stereocenters. The Hall–Kier alpha value is -4.37. The maximum atomic E-state index is 15.5. The molecular formula is C36H35ClF4N4O5S. The number of rotatable bonds is 12. The average molecular weight is 747 g/mol. The number of hydrogen-bond donors (Lipinski definition) is 2. The van der Waals surface area contributed by atoms with Crippen molar-refractivity contribution in [1.82, 2.24) is 19.9 Å². The van der Waals surface area contributed by atoms with E-state index in [1.54, 1.807) is 24.3 Å². The summed E-state index contributed by atoms with van der Waals surface area (Å²) in [6.45, 7) is 0.975. The number of Topliss-reactive ketones (excluding diaryl/α,β-unsaturated/α-hetero) is 1. The summed E-state index contributed by atoms with van der Waals surface area (Å²) in [4.78, 5) is 30.8. The van der Waals surface area contributed by atoms with E-state index in [2.05, 4.69) is 15.6 Å². The predicted octanol–water partition coefficient (Wildman–Crippen LogP) is 6.16. The first-order chi connectivity index (χ1) is 24.3. The zero-order chi connectivity index (χ0) is 36.8. The summed E-state index contributed by atoms with van der Waals surface area (Å²) in [6, 6.07) is 17.1. The maximum absolute atomic E-state index is 15.5. The lowest BCUT2D eigenvalue weighted by molar-refractivity contribution is -0.137. The molecule has 270 valence electrons. The number of carbonyl (C=O) groups is 2. The van der Waals surface area contributed by atoms with Crippen molar-refractivity contribution in [2.45, 2.75) is 48.3 Å². The number of ether oxygens (including phenoxy) is 1. The quantitative estimate of drug-likeness (QED) is 0.167. The van der Waals surface area contributed by atoms with Gasteiger partial charge in [0.1, 0.15) is 11.9 Å². The highest BCUT2D eigenvalue weighted by molar-refractivity contribution is 7.89. The van der Waals surface area contributed by atoms with Gasteiger partial charge in [-0.15, -0.1) is 0 Å². The number of hydrogen-bond acceptors (Lipinski definition) is 7. The van der Waals surface area contributed by atoms with Crippen LogP contribution in [0.4, 0.5) is 22.4 Å². The van der Waals surface area contributed by atoms with Gasteiger partial charge in [-0.05, 0) is 71.5 Å². The van der Waals surface area contributed by atoms with E-state index in [-0.39, 0.29) is 41.0 Å². The van der Waals surface area contributed by atoms with Gasteiger partial charge in [0, 0.05) is 55.4 Å². The van der Waals surface area contributed by atoms with E-state index >= 15 is 4.39 Å². The van der Waals surface area contributed by atoms with E-state index in [9.17, 15) is 31.2 Å². The monoisotopic (exact) mass is 746 g/mol. The number of alkyl carbamates (subject to hydrolysis) is 1. The van der Waals surface area contributed by atoms with Gasteiger partial charge in [-0.3, -0.25) is 9.78 Å². The van der Waals surface area contributed by atoms with Crippen molar-refractivity contribution in [1.29, 1.82) is 0 Å². The number of halogens is 5. The number of sulfonamides is 1. The van der Waals surface area contributed by atoms with Crippen molar-refractivity contribution in [3.8, 4) is 0 Å². The van der Waals surface area contributed by atoms with Crippen LogP contribution in [0.15, 0.2) is 96.2 Å². The fourth-order valence-electron chi connectivity index (χ4n) is 6.26. The van der Waals surface area contributed by atoms with Crippen LogP contribution < -0.4 is 10.6 Å². The highest BCUT2D eigenvalue weighted by Crippen LogP contribution is 2.35. The number of carbonyl (C=O) groups excluding carboxylic acids is 2. The Balaban J connectivity index is 1.47. The topological polar surface area (TPSA) is 118 Å². The number of benzene rings is 3. The molecule has 5 rings (SSSR count). The Morgan fingerprint density at radius 1 is 1.04 bits per heavy atom. The molecule has 1 aromatic heterocycles. The van der Waals surface area contributed by atoms with Gasteiger partial charge in [0.25, 0.3) is 0 Å². The summed E-state index contributed by atoms with van der Waals surface area (Å²) in [7, 11) is -2.77. The number of methoxy groups -OCH3 is 1. The predicted molar refractivity (Wildman–Crippen MR) is 182 cm³/mol. The molecule has 0 radical (unpaired) electrons. The number of amides is 1. The lowest BCUT2D eigenvalue weighted by Crippen LogP contribution is -2.53. The van der Waals surface area contributed by atoms with Crippen molar-refractivity contribution in [3.63, 3.8) is 0 Å². The van der Waals surface area contributed by atoms with Crippen LogP contribution in [-0.2, 0) is 38.6 Å². The first kappa shape index (κ1) is 37.9. The van der Waals surface area contributed by atoms with Crippen LogP contribution in [0, 0.1) is 5.82 Å². The first-order valence-corrected chi connectivity index (χ1v) is 17.8. The summed E-state index contributed by atoms with van der Waals surface area (Å²) in [5, 5.41) is 6.01. The molecule has 15 heteroatoms. The lowest BCUT2D eigenvalue weighted by Gasteiger charge is -2.35. The molecule has 0 aliphatic carbocycles. The molecule has 9 nitrogen and oxygen atoms in total. The summed E-state index contributed by atoms with van der Waals surface area (Å²) >= 11 is 6.09. The second kappa shape index (κ2) is 16.3. The molecule has 1 amide bonds. The molecule has 1 aliphatic rings. The number of nitrogens with zero attached hydrogens (tertiary/aromatic N) is 2. The molecule has 2 N–H and O–H groups in total. The van der Waals surface area contributed by atoms with Crippen LogP contribution in [0.25, 0.3) is 0 Å². The van der Waals surface area contributed by atoms with Crippen LogP contribution >= 0.6 is 11.6 Å². The van der Waals surface area contributed by atoms with E-state index in [4.69, 9.17) is 16.3 Å². The standard InChI is InChI=1S/C36H35ClF4N4O5S/c1-50-35(47)44-34(33(23-10-12-27(37)13-11-23)25-18-26(21-43-20-25)36(39,40)41)32(46)19-24-6-5-9-31(38)30(24)15-14-28-22-42-16-17-45(28)51(48,49)29-7-3-2-4-8-29/h2-13,18,20-21,28,33-34,42H,14-17,19,22H2,1H3,(H,44,47)/t28-,33-,34+/m0/s1. The molecule has 0 bridgehead atoms. The van der Waals surface area contributed by atoms with Crippen LogP contribution in [0.5, 0.6) is 0 Å². The maximum Gasteiger partial charge on any atom is 0.417 e. The third-order valence-corrected chi connectivity index (χ3v) is 11.0. The number of piperazine rings is 1. The molecule has 0 saturated carbocycles. The van der Waals surface area contributed by atoms with Gasteiger partial charge in [0.2, 0.25) is 10.0 Å². The molecule has 1 aliphatic heterocycles. The van der Waals surface area contributed by atoms with Gasteiger partial charge in [-0.1, -0.05) is 54.1 Å². The van der Waals surface area contributed by atoms with E-state index in [0.717, 1.165) is 13.2 Å². The SMILES string of the molecule is COC(=O)N[C@H](C(=O)Cc1cccc(F)c1CC[C@H]1CNCCN1S(=O)(=O)c1ccccc1)[C@@H](c1ccc(Cl)cc1)c1cncc(C(F)(F)F)c1. The minimum atomic E-state index is -4.75. The minimum Gasteiger partial charge on any atom is -0.453 e. The van der Waals surface area contributed by atoms with E-state index < -0.39 is 63.9 Å². The van der Waals surface area contributed by atoms with Crippen molar-refractivity contribution in [2.24, 2.45) is 0 Å². The molecule has 2 heterocycles. The Morgan fingerprint density at radius 3 is 2.45 bits per heavy atom. The lowest BCUT2D eigenvalue weighted by atomic mass is 9.81. The Kier molecular flexibility index (Phi) is 12.1. The smallest absolute Gasteiger partial charge is 0.417 e. The van der Waals surface area contributed by atoms with Gasteiger partial charge in [-0.25, -0.2) is 17.6 Å². The molecule has 0 spiro atoms. The van der Waals surface area contributed by atoms with Gasteiger partial charge in [0.15, 0.2) is 5.78 Å². The zero-order valence-corrected chi connectivity index (χ0v) is 28.9. The summed E-state index contributed by atoms with van der Waals surface area (Å²) < 4.78 is 90.1.